The molecule has 3 aromatic carbocycles. The number of rotatable bonds is 7. The van der Waals surface area contributed by atoms with Crippen molar-refractivity contribution in [3.63, 3.8) is 0 Å². The number of para-hydroxylation sites is 1. The van der Waals surface area contributed by atoms with Gasteiger partial charge in [0.05, 0.1) is 17.1 Å². The number of hydrogen-bond acceptors (Lipinski definition) is 5. The first-order chi connectivity index (χ1) is 13.5. The summed E-state index contributed by atoms with van der Waals surface area (Å²) in [5.41, 5.74) is 0.699. The molecule has 144 valence electrons. The van der Waals surface area contributed by atoms with Gasteiger partial charge in [-0.15, -0.1) is 0 Å². The monoisotopic (exact) mass is 397 g/mol. The van der Waals surface area contributed by atoms with E-state index in [2.05, 4.69) is 4.72 Å². The van der Waals surface area contributed by atoms with Crippen LogP contribution in [0.4, 0.5) is 5.69 Å². The zero-order valence-corrected chi connectivity index (χ0v) is 16.0. The Hall–Kier alpha value is -3.32. The van der Waals surface area contributed by atoms with Gasteiger partial charge in [-0.2, -0.15) is 0 Å². The minimum absolute atomic E-state index is 0.0994. The molecule has 0 aliphatic carbocycles. The lowest BCUT2D eigenvalue weighted by Crippen LogP contribution is -2.13. The van der Waals surface area contributed by atoms with Gasteiger partial charge in [0.15, 0.2) is 0 Å². The van der Waals surface area contributed by atoms with Crippen LogP contribution in [0, 0.1) is 0 Å². The highest BCUT2D eigenvalue weighted by molar-refractivity contribution is 7.92. The molecule has 0 aliphatic rings. The van der Waals surface area contributed by atoms with E-state index < -0.39 is 16.0 Å². The largest absolute Gasteiger partial charge is 0.462 e. The molecule has 0 saturated carbocycles. The van der Waals surface area contributed by atoms with Crippen molar-refractivity contribution in [1.29, 1.82) is 0 Å². The van der Waals surface area contributed by atoms with Crippen LogP contribution in [0.2, 0.25) is 0 Å². The maximum atomic E-state index is 12.5. The van der Waals surface area contributed by atoms with Crippen LogP contribution in [0.15, 0.2) is 83.8 Å². The van der Waals surface area contributed by atoms with Gasteiger partial charge in [0.2, 0.25) is 0 Å². The SMILES string of the molecule is CCOC(=O)c1ccc(NS(=O)(=O)c2ccc(Oc3ccccc3)cc2)cc1. The number of carbonyl (C=O) groups excluding carboxylic acids is 1. The van der Waals surface area contributed by atoms with Gasteiger partial charge in [0.1, 0.15) is 11.5 Å². The van der Waals surface area contributed by atoms with Crippen molar-refractivity contribution in [2.45, 2.75) is 11.8 Å². The van der Waals surface area contributed by atoms with Crippen molar-refractivity contribution in [2.75, 3.05) is 11.3 Å². The fraction of sp³-hybridized carbons (Fsp3) is 0.0952. The lowest BCUT2D eigenvalue weighted by molar-refractivity contribution is 0.0526. The number of carbonyl (C=O) groups is 1. The van der Waals surface area contributed by atoms with E-state index in [-0.39, 0.29) is 11.5 Å². The predicted octanol–water partition coefficient (Wildman–Crippen LogP) is 4.46. The third kappa shape index (κ3) is 4.89. The minimum Gasteiger partial charge on any atom is -0.462 e. The second kappa shape index (κ2) is 8.58. The van der Waals surface area contributed by atoms with Crippen LogP contribution in [-0.2, 0) is 14.8 Å². The molecule has 0 atom stereocenters. The van der Waals surface area contributed by atoms with Gasteiger partial charge in [0, 0.05) is 5.69 Å². The van der Waals surface area contributed by atoms with Crippen LogP contribution in [0.25, 0.3) is 0 Å². The summed E-state index contributed by atoms with van der Waals surface area (Å²) >= 11 is 0. The Morgan fingerprint density at radius 2 is 1.46 bits per heavy atom. The maximum absolute atomic E-state index is 12.5. The van der Waals surface area contributed by atoms with E-state index >= 15 is 0 Å². The zero-order chi connectivity index (χ0) is 20.0. The fourth-order valence-electron chi connectivity index (χ4n) is 2.41. The molecule has 0 heterocycles. The molecular formula is C21H19NO5S. The minimum atomic E-state index is -3.77. The summed E-state index contributed by atoms with van der Waals surface area (Å²) in [6.45, 7) is 1.99. The summed E-state index contributed by atoms with van der Waals surface area (Å²) in [4.78, 5) is 11.8. The van der Waals surface area contributed by atoms with Crippen LogP contribution >= 0.6 is 0 Å². The summed E-state index contributed by atoms with van der Waals surface area (Å²) in [7, 11) is -3.77. The molecule has 0 fully saturated rings. The standard InChI is InChI=1S/C21H19NO5S/c1-2-26-21(23)16-8-10-17(11-9-16)22-28(24,25)20-14-12-19(13-15-20)27-18-6-4-3-5-7-18/h3-15,22H,2H2,1H3. The van der Waals surface area contributed by atoms with E-state index in [1.165, 1.54) is 36.4 Å². The average molecular weight is 397 g/mol. The van der Waals surface area contributed by atoms with Crippen molar-refractivity contribution in [2.24, 2.45) is 0 Å². The Balaban J connectivity index is 1.69. The van der Waals surface area contributed by atoms with Crippen LogP contribution in [0.1, 0.15) is 17.3 Å². The summed E-state index contributed by atoms with van der Waals surface area (Å²) < 4.78 is 38.1. The quantitative estimate of drug-likeness (QED) is 0.596. The van der Waals surface area contributed by atoms with E-state index in [0.29, 0.717) is 22.7 Å². The Labute approximate surface area is 163 Å². The molecule has 0 spiro atoms. The first-order valence-corrected chi connectivity index (χ1v) is 10.1. The second-order valence-electron chi connectivity index (χ2n) is 5.79. The van der Waals surface area contributed by atoms with Crippen LogP contribution in [0.5, 0.6) is 11.5 Å². The molecule has 1 N–H and O–H groups in total. The molecule has 0 bridgehead atoms. The first-order valence-electron chi connectivity index (χ1n) is 8.61. The Morgan fingerprint density at radius 3 is 2.07 bits per heavy atom. The third-order valence-corrected chi connectivity index (χ3v) is 5.16. The zero-order valence-electron chi connectivity index (χ0n) is 15.2. The van der Waals surface area contributed by atoms with Crippen molar-refractivity contribution in [3.8, 4) is 11.5 Å². The Bertz CT molecular complexity index is 1030. The number of nitrogens with one attached hydrogen (secondary N) is 1. The smallest absolute Gasteiger partial charge is 0.338 e. The maximum Gasteiger partial charge on any atom is 0.338 e. The van der Waals surface area contributed by atoms with Gasteiger partial charge < -0.3 is 9.47 Å². The molecule has 0 radical (unpaired) electrons. The van der Waals surface area contributed by atoms with E-state index in [1.54, 1.807) is 19.1 Å². The molecule has 28 heavy (non-hydrogen) atoms. The molecule has 3 rings (SSSR count). The average Bonchev–Trinajstić information content (AvgIpc) is 2.70. The number of hydrogen-bond donors (Lipinski definition) is 1. The topological polar surface area (TPSA) is 81.7 Å². The van der Waals surface area contributed by atoms with Crippen molar-refractivity contribution in [1.82, 2.24) is 0 Å². The predicted molar refractivity (Wildman–Crippen MR) is 106 cm³/mol. The van der Waals surface area contributed by atoms with Crippen molar-refractivity contribution in [3.05, 3.63) is 84.4 Å². The number of anilines is 1. The summed E-state index contributed by atoms with van der Waals surface area (Å²) in [6.07, 6.45) is 0. The van der Waals surface area contributed by atoms with Crippen LogP contribution < -0.4 is 9.46 Å². The Kier molecular flexibility index (Phi) is 5.96. The lowest BCUT2D eigenvalue weighted by Gasteiger charge is -2.10. The van der Waals surface area contributed by atoms with E-state index in [9.17, 15) is 13.2 Å². The molecular weight excluding hydrogens is 378 g/mol. The highest BCUT2D eigenvalue weighted by Crippen LogP contribution is 2.24. The highest BCUT2D eigenvalue weighted by atomic mass is 32.2. The van der Waals surface area contributed by atoms with Crippen LogP contribution in [0.3, 0.4) is 0 Å². The third-order valence-electron chi connectivity index (χ3n) is 3.76. The van der Waals surface area contributed by atoms with E-state index in [1.807, 2.05) is 30.3 Å². The van der Waals surface area contributed by atoms with Crippen LogP contribution in [-0.4, -0.2) is 21.0 Å². The molecule has 0 saturated heterocycles. The molecule has 0 unspecified atom stereocenters. The molecule has 7 heteroatoms. The molecule has 0 aromatic heterocycles. The van der Waals surface area contributed by atoms with Gasteiger partial charge in [-0.3, -0.25) is 4.72 Å². The number of ether oxygens (including phenoxy) is 2. The number of benzene rings is 3. The Morgan fingerprint density at radius 1 is 0.857 bits per heavy atom. The fourth-order valence-corrected chi connectivity index (χ4v) is 3.47. The van der Waals surface area contributed by atoms with Crippen molar-refractivity contribution < 1.29 is 22.7 Å². The molecule has 6 nitrogen and oxygen atoms in total. The van der Waals surface area contributed by atoms with E-state index in [0.717, 1.165) is 0 Å². The molecule has 3 aromatic rings. The number of esters is 1. The van der Waals surface area contributed by atoms with Gasteiger partial charge in [0.25, 0.3) is 10.0 Å². The lowest BCUT2D eigenvalue weighted by atomic mass is 10.2. The molecule has 0 amide bonds. The second-order valence-corrected chi connectivity index (χ2v) is 7.47. The van der Waals surface area contributed by atoms with Gasteiger partial charge in [-0.05, 0) is 67.6 Å². The first kappa shape index (κ1) is 19.4. The van der Waals surface area contributed by atoms with Gasteiger partial charge in [-0.1, -0.05) is 18.2 Å². The highest BCUT2D eigenvalue weighted by Gasteiger charge is 2.15. The summed E-state index contributed by atoms with van der Waals surface area (Å²) in [5, 5.41) is 0. The normalized spacial score (nSPS) is 10.9. The van der Waals surface area contributed by atoms with Crippen molar-refractivity contribution >= 4 is 21.7 Å². The molecule has 0 aliphatic heterocycles. The number of sulfonamides is 1. The van der Waals surface area contributed by atoms with Gasteiger partial charge in [-0.25, -0.2) is 13.2 Å². The summed E-state index contributed by atoms with van der Waals surface area (Å²) in [6, 6.07) is 21.4. The van der Waals surface area contributed by atoms with E-state index in [4.69, 9.17) is 9.47 Å². The van der Waals surface area contributed by atoms with Gasteiger partial charge >= 0.3 is 5.97 Å². The summed E-state index contributed by atoms with van der Waals surface area (Å²) in [5.74, 6) is 0.743.